The maximum Gasteiger partial charge on any atom is 0.275 e. The number of rotatable bonds is 4. The van der Waals surface area contributed by atoms with Gasteiger partial charge >= 0.3 is 0 Å². The van der Waals surface area contributed by atoms with E-state index in [0.29, 0.717) is 5.82 Å². The molecular formula is C19H17BrN4O. The van der Waals surface area contributed by atoms with Crippen LogP contribution in [0.4, 0.5) is 17.2 Å². The van der Waals surface area contributed by atoms with Crippen molar-refractivity contribution in [3.8, 4) is 0 Å². The van der Waals surface area contributed by atoms with Crippen LogP contribution in [0.25, 0.3) is 0 Å². The molecular weight excluding hydrogens is 380 g/mol. The molecule has 0 saturated heterocycles. The number of halogens is 1. The highest BCUT2D eigenvalue weighted by Gasteiger charge is 2.09. The topological polar surface area (TPSA) is 66.9 Å². The van der Waals surface area contributed by atoms with Gasteiger partial charge in [-0.15, -0.1) is 0 Å². The first-order valence-corrected chi connectivity index (χ1v) is 8.54. The van der Waals surface area contributed by atoms with Gasteiger partial charge in [-0.25, -0.2) is 9.97 Å². The molecule has 0 aliphatic carbocycles. The zero-order chi connectivity index (χ0) is 17.8. The molecule has 1 amide bonds. The lowest BCUT2D eigenvalue weighted by Gasteiger charge is -2.08. The van der Waals surface area contributed by atoms with E-state index in [4.69, 9.17) is 0 Å². The molecule has 0 unspecified atom stereocenters. The largest absolute Gasteiger partial charge is 0.339 e. The van der Waals surface area contributed by atoms with Crippen LogP contribution in [0.1, 0.15) is 21.6 Å². The fourth-order valence-corrected chi connectivity index (χ4v) is 2.54. The molecule has 5 nitrogen and oxygen atoms in total. The lowest BCUT2D eigenvalue weighted by atomic mass is 10.2. The summed E-state index contributed by atoms with van der Waals surface area (Å²) in [5.41, 5.74) is 4.10. The van der Waals surface area contributed by atoms with Crippen molar-refractivity contribution < 1.29 is 4.79 Å². The van der Waals surface area contributed by atoms with Crippen LogP contribution in [-0.2, 0) is 0 Å². The highest BCUT2D eigenvalue weighted by atomic mass is 79.9. The molecule has 0 atom stereocenters. The number of hydrogen-bond donors (Lipinski definition) is 2. The molecule has 6 heteroatoms. The van der Waals surface area contributed by atoms with E-state index in [1.165, 1.54) is 6.20 Å². The zero-order valence-electron chi connectivity index (χ0n) is 13.9. The van der Waals surface area contributed by atoms with Crippen molar-refractivity contribution in [3.05, 3.63) is 76.2 Å². The number of anilines is 3. The van der Waals surface area contributed by atoms with Crippen LogP contribution in [0, 0.1) is 13.8 Å². The first-order valence-electron chi connectivity index (χ1n) is 7.74. The van der Waals surface area contributed by atoms with Crippen LogP contribution in [0.15, 0.2) is 59.3 Å². The predicted octanol–water partition coefficient (Wildman–Crippen LogP) is 4.85. The smallest absolute Gasteiger partial charge is 0.275 e. The SMILES string of the molecule is Cc1cccc(NC(=O)c2cnc(Nc3ccc(Br)c(C)c3)cn2)c1. The molecule has 3 rings (SSSR count). The highest BCUT2D eigenvalue weighted by Crippen LogP contribution is 2.22. The Bertz CT molecular complexity index is 910. The van der Waals surface area contributed by atoms with E-state index < -0.39 is 0 Å². The quantitative estimate of drug-likeness (QED) is 0.661. The molecule has 0 saturated carbocycles. The normalized spacial score (nSPS) is 10.4. The molecule has 25 heavy (non-hydrogen) atoms. The summed E-state index contributed by atoms with van der Waals surface area (Å²) >= 11 is 3.47. The van der Waals surface area contributed by atoms with Crippen molar-refractivity contribution in [1.82, 2.24) is 9.97 Å². The Labute approximate surface area is 154 Å². The van der Waals surface area contributed by atoms with Gasteiger partial charge in [-0.1, -0.05) is 28.1 Å². The van der Waals surface area contributed by atoms with Crippen LogP contribution < -0.4 is 10.6 Å². The maximum absolute atomic E-state index is 12.2. The van der Waals surface area contributed by atoms with Gasteiger partial charge in [0.05, 0.1) is 12.4 Å². The Morgan fingerprint density at radius 3 is 2.52 bits per heavy atom. The Morgan fingerprint density at radius 2 is 1.84 bits per heavy atom. The van der Waals surface area contributed by atoms with Crippen LogP contribution in [0.5, 0.6) is 0 Å². The number of aryl methyl sites for hydroxylation is 2. The molecule has 0 bridgehead atoms. The standard InChI is InChI=1S/C19H17BrN4O/c1-12-4-3-5-14(8-12)24-19(25)17-10-22-18(11-21-17)23-15-6-7-16(20)13(2)9-15/h3-11H,1-2H3,(H,22,23)(H,24,25). The summed E-state index contributed by atoms with van der Waals surface area (Å²) in [5, 5.41) is 5.98. The molecule has 0 aliphatic rings. The molecule has 3 aromatic rings. The van der Waals surface area contributed by atoms with Gasteiger partial charge in [-0.3, -0.25) is 4.79 Å². The van der Waals surface area contributed by atoms with E-state index in [1.54, 1.807) is 6.20 Å². The summed E-state index contributed by atoms with van der Waals surface area (Å²) in [7, 11) is 0. The van der Waals surface area contributed by atoms with Gasteiger partial charge in [0.15, 0.2) is 0 Å². The van der Waals surface area contributed by atoms with Crippen LogP contribution >= 0.6 is 15.9 Å². The average molecular weight is 397 g/mol. The second-order valence-electron chi connectivity index (χ2n) is 5.70. The number of carbonyl (C=O) groups excluding carboxylic acids is 1. The van der Waals surface area contributed by atoms with E-state index in [9.17, 15) is 4.79 Å². The van der Waals surface area contributed by atoms with Gasteiger partial charge in [0.1, 0.15) is 11.5 Å². The Balaban J connectivity index is 1.69. The van der Waals surface area contributed by atoms with Gasteiger partial charge < -0.3 is 10.6 Å². The number of carbonyl (C=O) groups is 1. The zero-order valence-corrected chi connectivity index (χ0v) is 15.5. The second-order valence-corrected chi connectivity index (χ2v) is 6.55. The monoisotopic (exact) mass is 396 g/mol. The van der Waals surface area contributed by atoms with E-state index in [-0.39, 0.29) is 11.6 Å². The molecule has 0 aliphatic heterocycles. The van der Waals surface area contributed by atoms with Gasteiger partial charge in [0.2, 0.25) is 0 Å². The number of nitrogens with one attached hydrogen (secondary N) is 2. The second kappa shape index (κ2) is 7.44. The van der Waals surface area contributed by atoms with Crippen LogP contribution in [0.2, 0.25) is 0 Å². The summed E-state index contributed by atoms with van der Waals surface area (Å²) in [6.45, 7) is 3.99. The lowest BCUT2D eigenvalue weighted by Crippen LogP contribution is -2.14. The third kappa shape index (κ3) is 4.42. The molecule has 0 radical (unpaired) electrons. The Kier molecular flexibility index (Phi) is 5.09. The number of amides is 1. The summed E-state index contributed by atoms with van der Waals surface area (Å²) in [4.78, 5) is 20.7. The lowest BCUT2D eigenvalue weighted by molar-refractivity contribution is 0.102. The van der Waals surface area contributed by atoms with Crippen molar-refractivity contribution >= 4 is 39.0 Å². The third-order valence-corrected chi connectivity index (χ3v) is 4.48. The van der Waals surface area contributed by atoms with E-state index in [2.05, 4.69) is 36.5 Å². The van der Waals surface area contributed by atoms with Gasteiger partial charge in [0, 0.05) is 15.8 Å². The fraction of sp³-hybridized carbons (Fsp3) is 0.105. The molecule has 1 heterocycles. The van der Waals surface area contributed by atoms with Gasteiger partial charge in [0.25, 0.3) is 5.91 Å². The van der Waals surface area contributed by atoms with Crippen molar-refractivity contribution in [1.29, 1.82) is 0 Å². The third-order valence-electron chi connectivity index (χ3n) is 3.59. The van der Waals surface area contributed by atoms with Gasteiger partial charge in [-0.05, 0) is 55.3 Å². The number of aromatic nitrogens is 2. The van der Waals surface area contributed by atoms with Crippen molar-refractivity contribution in [3.63, 3.8) is 0 Å². The fourth-order valence-electron chi connectivity index (χ4n) is 2.30. The Hall–Kier alpha value is -2.73. The first-order chi connectivity index (χ1) is 12.0. The highest BCUT2D eigenvalue weighted by molar-refractivity contribution is 9.10. The predicted molar refractivity (Wildman–Crippen MR) is 103 cm³/mol. The van der Waals surface area contributed by atoms with Crippen molar-refractivity contribution in [2.24, 2.45) is 0 Å². The summed E-state index contributed by atoms with van der Waals surface area (Å²) in [6, 6.07) is 13.5. The minimum Gasteiger partial charge on any atom is -0.339 e. The van der Waals surface area contributed by atoms with E-state index >= 15 is 0 Å². The summed E-state index contributed by atoms with van der Waals surface area (Å²) < 4.78 is 1.05. The minimum atomic E-state index is -0.288. The molecule has 1 aromatic heterocycles. The maximum atomic E-state index is 12.2. The molecule has 126 valence electrons. The molecule has 0 fully saturated rings. The minimum absolute atomic E-state index is 0.263. The van der Waals surface area contributed by atoms with E-state index in [1.807, 2.05) is 56.3 Å². The van der Waals surface area contributed by atoms with Crippen LogP contribution in [0.3, 0.4) is 0 Å². The average Bonchev–Trinajstić information content (AvgIpc) is 2.59. The first kappa shape index (κ1) is 17.1. The van der Waals surface area contributed by atoms with Crippen molar-refractivity contribution in [2.75, 3.05) is 10.6 Å². The summed E-state index contributed by atoms with van der Waals surface area (Å²) in [5.74, 6) is 0.290. The van der Waals surface area contributed by atoms with E-state index in [0.717, 1.165) is 27.0 Å². The molecule has 2 aromatic carbocycles. The van der Waals surface area contributed by atoms with Crippen LogP contribution in [-0.4, -0.2) is 15.9 Å². The number of hydrogen-bond acceptors (Lipinski definition) is 4. The van der Waals surface area contributed by atoms with Crippen molar-refractivity contribution in [2.45, 2.75) is 13.8 Å². The summed E-state index contributed by atoms with van der Waals surface area (Å²) in [6.07, 6.45) is 3.00. The number of nitrogens with zero attached hydrogens (tertiary/aromatic N) is 2. The molecule has 0 spiro atoms. The number of benzene rings is 2. The molecule has 2 N–H and O–H groups in total. The van der Waals surface area contributed by atoms with Gasteiger partial charge in [-0.2, -0.15) is 0 Å². The Morgan fingerprint density at radius 1 is 1.00 bits per heavy atom.